The zero-order valence-corrected chi connectivity index (χ0v) is 15.0. The van der Waals surface area contributed by atoms with E-state index in [9.17, 15) is 15.5 Å². The van der Waals surface area contributed by atoms with E-state index in [2.05, 4.69) is 21.1 Å². The number of rotatable bonds is 3. The van der Waals surface area contributed by atoms with Gasteiger partial charge in [-0.3, -0.25) is 0 Å². The first-order valence-electron chi connectivity index (χ1n) is 7.95. The topological polar surface area (TPSA) is 107 Å². The van der Waals surface area contributed by atoms with Crippen LogP contribution < -0.4 is 0 Å². The Bertz CT molecular complexity index is 1210. The Labute approximate surface area is 158 Å². The van der Waals surface area contributed by atoms with E-state index in [4.69, 9.17) is 0 Å². The van der Waals surface area contributed by atoms with Crippen LogP contribution in [-0.2, 0) is 0 Å². The summed E-state index contributed by atoms with van der Waals surface area (Å²) in [6.07, 6.45) is 1.82. The predicted molar refractivity (Wildman–Crippen MR) is 101 cm³/mol. The van der Waals surface area contributed by atoms with Gasteiger partial charge in [-0.15, -0.1) is 11.8 Å². The van der Waals surface area contributed by atoms with Gasteiger partial charge in [0.25, 0.3) is 0 Å². The molecule has 0 amide bonds. The molecule has 7 nitrogen and oxygen atoms in total. The minimum Gasteiger partial charge on any atom is -0.507 e. The molecule has 0 aliphatic heterocycles. The Morgan fingerprint density at radius 2 is 1.59 bits per heavy atom. The van der Waals surface area contributed by atoms with Crippen LogP contribution in [-0.4, -0.2) is 36.1 Å². The Balaban J connectivity index is 2.13. The number of phenolic OH excluding ortho intramolecular Hbond substituents is 2. The molecule has 0 spiro atoms. The largest absolute Gasteiger partial charge is 0.507 e. The number of thioether (sulfide) groups is 1. The minimum atomic E-state index is 0.0215. The van der Waals surface area contributed by atoms with Gasteiger partial charge in [0.1, 0.15) is 28.2 Å². The summed E-state index contributed by atoms with van der Waals surface area (Å²) in [6.45, 7) is 0. The van der Waals surface area contributed by atoms with Gasteiger partial charge < -0.3 is 10.2 Å². The molecule has 0 aliphatic carbocycles. The van der Waals surface area contributed by atoms with E-state index in [-0.39, 0.29) is 17.3 Å². The highest BCUT2D eigenvalue weighted by Crippen LogP contribution is 2.33. The Morgan fingerprint density at radius 3 is 2.19 bits per heavy atom. The maximum absolute atomic E-state index is 10.3. The molecule has 2 aromatic heterocycles. The summed E-state index contributed by atoms with van der Waals surface area (Å²) in [5.41, 5.74) is 1.50. The fourth-order valence-electron chi connectivity index (χ4n) is 2.77. The summed E-state index contributed by atoms with van der Waals surface area (Å²) in [4.78, 5) is 9.01. The number of phenols is 2. The predicted octanol–water partition coefficient (Wildman–Crippen LogP) is 3.46. The maximum atomic E-state index is 10.3. The van der Waals surface area contributed by atoms with Gasteiger partial charge in [0.05, 0.1) is 11.1 Å². The van der Waals surface area contributed by atoms with E-state index in [0.29, 0.717) is 33.2 Å². The Kier molecular flexibility index (Phi) is 4.14. The van der Waals surface area contributed by atoms with Crippen molar-refractivity contribution in [2.75, 3.05) is 6.26 Å². The van der Waals surface area contributed by atoms with Crippen LogP contribution in [0.1, 0.15) is 5.56 Å². The highest BCUT2D eigenvalue weighted by atomic mass is 32.2. The van der Waals surface area contributed by atoms with Crippen molar-refractivity contribution in [2.24, 2.45) is 0 Å². The van der Waals surface area contributed by atoms with Crippen molar-refractivity contribution in [3.05, 3.63) is 54.1 Å². The Morgan fingerprint density at radius 1 is 0.963 bits per heavy atom. The fourth-order valence-corrected chi connectivity index (χ4v) is 3.28. The standard InChI is InChI=1S/C19H13N5O2S/c1-27-19-13(10-20)18-22-16(11-6-2-4-8-14(11)25)21-17(24(18)23-19)12-7-3-5-9-15(12)26/h2-9,25-26H,1H3. The molecule has 0 unspecified atom stereocenters. The van der Waals surface area contributed by atoms with Gasteiger partial charge in [-0.25, -0.2) is 9.97 Å². The van der Waals surface area contributed by atoms with E-state index in [1.807, 2.05) is 6.26 Å². The molecule has 27 heavy (non-hydrogen) atoms. The molecule has 0 saturated carbocycles. The van der Waals surface area contributed by atoms with E-state index in [0.717, 1.165) is 0 Å². The van der Waals surface area contributed by atoms with Crippen molar-refractivity contribution in [3.8, 4) is 40.3 Å². The number of nitrogens with zero attached hydrogens (tertiary/aromatic N) is 5. The van der Waals surface area contributed by atoms with Crippen molar-refractivity contribution >= 4 is 17.4 Å². The van der Waals surface area contributed by atoms with Crippen LogP contribution in [0.3, 0.4) is 0 Å². The van der Waals surface area contributed by atoms with Crippen molar-refractivity contribution in [3.63, 3.8) is 0 Å². The zero-order valence-electron chi connectivity index (χ0n) is 14.2. The molecule has 0 atom stereocenters. The molecule has 2 heterocycles. The monoisotopic (exact) mass is 375 g/mol. The molecule has 0 fully saturated rings. The van der Waals surface area contributed by atoms with Crippen LogP contribution in [0, 0.1) is 11.3 Å². The minimum absolute atomic E-state index is 0.0215. The zero-order chi connectivity index (χ0) is 19.0. The van der Waals surface area contributed by atoms with Gasteiger partial charge in [-0.2, -0.15) is 14.9 Å². The molecular weight excluding hydrogens is 362 g/mol. The van der Waals surface area contributed by atoms with Gasteiger partial charge in [-0.05, 0) is 30.5 Å². The number of fused-ring (bicyclic) bond motifs is 1. The molecule has 4 rings (SSSR count). The van der Waals surface area contributed by atoms with Gasteiger partial charge in [0.2, 0.25) is 0 Å². The van der Waals surface area contributed by atoms with E-state index < -0.39 is 0 Å². The van der Waals surface area contributed by atoms with Crippen molar-refractivity contribution in [1.29, 1.82) is 5.26 Å². The molecule has 2 N–H and O–H groups in total. The summed E-state index contributed by atoms with van der Waals surface area (Å²) in [6, 6.07) is 15.6. The second-order valence-corrected chi connectivity index (χ2v) is 6.43. The second-order valence-electron chi connectivity index (χ2n) is 5.64. The first-order chi connectivity index (χ1) is 13.1. The Hall–Kier alpha value is -3.57. The molecule has 0 bridgehead atoms. The maximum Gasteiger partial charge on any atom is 0.178 e. The van der Waals surface area contributed by atoms with Gasteiger partial charge in [-0.1, -0.05) is 24.3 Å². The third-order valence-corrected chi connectivity index (χ3v) is 4.72. The summed E-state index contributed by atoms with van der Waals surface area (Å²) in [7, 11) is 0. The third kappa shape index (κ3) is 2.74. The number of benzene rings is 2. The van der Waals surface area contributed by atoms with Gasteiger partial charge >= 0.3 is 0 Å². The lowest BCUT2D eigenvalue weighted by molar-refractivity contribution is 0.476. The molecule has 2 aromatic carbocycles. The number of aromatic hydroxyl groups is 2. The van der Waals surface area contributed by atoms with Crippen LogP contribution >= 0.6 is 11.8 Å². The molecule has 132 valence electrons. The van der Waals surface area contributed by atoms with Gasteiger partial charge in [0, 0.05) is 0 Å². The smallest absolute Gasteiger partial charge is 0.178 e. The number of nitriles is 1. The van der Waals surface area contributed by atoms with Crippen LogP contribution in [0.25, 0.3) is 28.4 Å². The SMILES string of the molecule is CSc1nn2c(-c3ccccc3O)nc(-c3ccccc3O)nc2c1C#N. The van der Waals surface area contributed by atoms with E-state index in [1.165, 1.54) is 22.3 Å². The molecule has 8 heteroatoms. The number of hydrogen-bond donors (Lipinski definition) is 2. The lowest BCUT2D eigenvalue weighted by Gasteiger charge is -2.09. The quantitative estimate of drug-likeness (QED) is 0.528. The van der Waals surface area contributed by atoms with E-state index in [1.54, 1.807) is 42.5 Å². The first-order valence-corrected chi connectivity index (χ1v) is 9.18. The molecule has 0 radical (unpaired) electrons. The van der Waals surface area contributed by atoms with Crippen LogP contribution in [0.5, 0.6) is 11.5 Å². The number of para-hydroxylation sites is 2. The van der Waals surface area contributed by atoms with Gasteiger partial charge in [0.15, 0.2) is 17.3 Å². The van der Waals surface area contributed by atoms with Crippen LogP contribution in [0.4, 0.5) is 0 Å². The summed E-state index contributed by atoms with van der Waals surface area (Å²) in [5, 5.41) is 35.1. The summed E-state index contributed by atoms with van der Waals surface area (Å²) < 4.78 is 1.45. The fraction of sp³-hybridized carbons (Fsp3) is 0.0526. The summed E-state index contributed by atoms with van der Waals surface area (Å²) in [5.74, 6) is 0.615. The normalized spacial score (nSPS) is 10.8. The first kappa shape index (κ1) is 16.9. The molecule has 0 saturated heterocycles. The highest BCUT2D eigenvalue weighted by molar-refractivity contribution is 7.98. The van der Waals surface area contributed by atoms with Crippen molar-refractivity contribution in [1.82, 2.24) is 19.6 Å². The number of aromatic nitrogens is 4. The van der Waals surface area contributed by atoms with Crippen LogP contribution in [0.15, 0.2) is 53.6 Å². The highest BCUT2D eigenvalue weighted by Gasteiger charge is 2.21. The average Bonchev–Trinajstić information content (AvgIpc) is 3.06. The lowest BCUT2D eigenvalue weighted by Crippen LogP contribution is -2.03. The second kappa shape index (κ2) is 6.63. The average molecular weight is 375 g/mol. The van der Waals surface area contributed by atoms with Crippen molar-refractivity contribution < 1.29 is 10.2 Å². The molecule has 0 aliphatic rings. The van der Waals surface area contributed by atoms with E-state index >= 15 is 0 Å². The molecular formula is C19H13N5O2S. The third-order valence-electron chi connectivity index (χ3n) is 4.05. The lowest BCUT2D eigenvalue weighted by atomic mass is 10.1. The summed E-state index contributed by atoms with van der Waals surface area (Å²) >= 11 is 1.32. The van der Waals surface area contributed by atoms with Crippen LogP contribution in [0.2, 0.25) is 0 Å². The number of hydrogen-bond acceptors (Lipinski definition) is 7. The van der Waals surface area contributed by atoms with Crippen molar-refractivity contribution in [2.45, 2.75) is 5.03 Å². The molecule has 4 aromatic rings.